The van der Waals surface area contributed by atoms with Crippen molar-refractivity contribution in [3.8, 4) is 0 Å². The van der Waals surface area contributed by atoms with Crippen LogP contribution >= 0.6 is 0 Å². The number of aliphatic imine (C=N–C) groups is 1. The van der Waals surface area contributed by atoms with Crippen molar-refractivity contribution < 1.29 is 9.53 Å². The van der Waals surface area contributed by atoms with Crippen molar-refractivity contribution in [1.82, 2.24) is 4.90 Å². The Hall–Kier alpha value is -1.84. The van der Waals surface area contributed by atoms with Crippen LogP contribution < -0.4 is 0 Å². The second-order valence-electron chi connectivity index (χ2n) is 5.28. The molecule has 0 N–H and O–H groups in total. The summed E-state index contributed by atoms with van der Waals surface area (Å²) in [4.78, 5) is 18.4. The van der Waals surface area contributed by atoms with Gasteiger partial charge in [0.15, 0.2) is 0 Å². The van der Waals surface area contributed by atoms with E-state index >= 15 is 0 Å². The molecule has 1 amide bonds. The number of benzene rings is 1. The number of hydrogen-bond acceptors (Lipinski definition) is 3. The predicted octanol–water partition coefficient (Wildman–Crippen LogP) is 2.49. The Bertz CT molecular complexity index is 483. The number of carbonyl (C=O) groups is 1. The molecular formula is C16H22N2O2. The Morgan fingerprint density at radius 3 is 2.65 bits per heavy atom. The van der Waals surface area contributed by atoms with E-state index in [4.69, 9.17) is 4.74 Å². The lowest BCUT2D eigenvalue weighted by Crippen LogP contribution is -2.52. The molecule has 0 saturated heterocycles. The summed E-state index contributed by atoms with van der Waals surface area (Å²) < 4.78 is 5.63. The van der Waals surface area contributed by atoms with Gasteiger partial charge in [-0.3, -0.25) is 4.79 Å². The summed E-state index contributed by atoms with van der Waals surface area (Å²) in [6.07, 6.45) is 0. The summed E-state index contributed by atoms with van der Waals surface area (Å²) in [5.74, 6) is 1.03. The summed E-state index contributed by atoms with van der Waals surface area (Å²) in [5, 5.41) is 0. The quantitative estimate of drug-likeness (QED) is 0.846. The van der Waals surface area contributed by atoms with Crippen LogP contribution in [0.3, 0.4) is 0 Å². The molecule has 4 nitrogen and oxygen atoms in total. The van der Waals surface area contributed by atoms with Crippen LogP contribution in [0.4, 0.5) is 0 Å². The lowest BCUT2D eigenvalue weighted by molar-refractivity contribution is -0.133. The minimum Gasteiger partial charge on any atom is -0.480 e. The van der Waals surface area contributed by atoms with Gasteiger partial charge >= 0.3 is 0 Å². The van der Waals surface area contributed by atoms with Crippen molar-refractivity contribution in [2.24, 2.45) is 10.9 Å². The van der Waals surface area contributed by atoms with E-state index in [0.29, 0.717) is 19.0 Å². The molecule has 0 aliphatic carbocycles. The highest BCUT2D eigenvalue weighted by atomic mass is 16.5. The van der Waals surface area contributed by atoms with E-state index in [2.05, 4.69) is 18.8 Å². The maximum Gasteiger partial charge on any atom is 0.245 e. The first-order valence-corrected chi connectivity index (χ1v) is 7.14. The molecule has 0 saturated carbocycles. The smallest absolute Gasteiger partial charge is 0.245 e. The fourth-order valence-electron chi connectivity index (χ4n) is 2.51. The number of nitrogens with zero attached hydrogens (tertiary/aromatic N) is 2. The van der Waals surface area contributed by atoms with Crippen molar-refractivity contribution in [2.75, 3.05) is 13.2 Å². The maximum atomic E-state index is 12.2. The minimum absolute atomic E-state index is 0.0657. The van der Waals surface area contributed by atoms with E-state index in [-0.39, 0.29) is 24.4 Å². The number of amides is 1. The van der Waals surface area contributed by atoms with Gasteiger partial charge in [0.1, 0.15) is 12.6 Å². The third-order valence-corrected chi connectivity index (χ3v) is 3.40. The molecule has 1 aromatic rings. The van der Waals surface area contributed by atoms with Crippen LogP contribution in [-0.4, -0.2) is 35.9 Å². The van der Waals surface area contributed by atoms with Gasteiger partial charge in [0.25, 0.3) is 0 Å². The molecule has 108 valence electrons. The SMILES string of the molecule is CCOC1=NCC(=O)N(Cc2ccccc2)[C@H]1C(C)C. The number of rotatable bonds is 4. The molecule has 1 atom stereocenters. The fraction of sp³-hybridized carbons (Fsp3) is 0.500. The molecule has 0 unspecified atom stereocenters. The van der Waals surface area contributed by atoms with Gasteiger partial charge in [-0.05, 0) is 18.4 Å². The number of hydrogen-bond donors (Lipinski definition) is 0. The minimum atomic E-state index is -0.0728. The number of carbonyl (C=O) groups excluding carboxylic acids is 1. The first-order valence-electron chi connectivity index (χ1n) is 7.14. The molecular weight excluding hydrogens is 252 g/mol. The van der Waals surface area contributed by atoms with Crippen LogP contribution in [0.2, 0.25) is 0 Å². The van der Waals surface area contributed by atoms with Crippen molar-refractivity contribution in [2.45, 2.75) is 33.4 Å². The van der Waals surface area contributed by atoms with E-state index in [0.717, 1.165) is 5.56 Å². The molecule has 1 aromatic carbocycles. The lowest BCUT2D eigenvalue weighted by Gasteiger charge is -2.37. The third-order valence-electron chi connectivity index (χ3n) is 3.40. The Morgan fingerprint density at radius 1 is 1.35 bits per heavy atom. The third kappa shape index (κ3) is 3.18. The molecule has 20 heavy (non-hydrogen) atoms. The molecule has 1 aliphatic heterocycles. The first-order chi connectivity index (χ1) is 9.63. The first kappa shape index (κ1) is 14.6. The highest BCUT2D eigenvalue weighted by Gasteiger charge is 2.35. The average molecular weight is 274 g/mol. The lowest BCUT2D eigenvalue weighted by atomic mass is 9.99. The normalized spacial score (nSPS) is 19.2. The summed E-state index contributed by atoms with van der Waals surface area (Å²) >= 11 is 0. The standard InChI is InChI=1S/C16H22N2O2/c1-4-20-16-15(12(2)3)18(14(19)10-17-16)11-13-8-6-5-7-9-13/h5-9,12,15H,4,10-11H2,1-3H3/t15-/m0/s1. The van der Waals surface area contributed by atoms with Crippen LogP contribution in [0.25, 0.3) is 0 Å². The van der Waals surface area contributed by atoms with Crippen LogP contribution in [0.15, 0.2) is 35.3 Å². The van der Waals surface area contributed by atoms with Gasteiger partial charge in [-0.25, -0.2) is 4.99 Å². The monoisotopic (exact) mass is 274 g/mol. The largest absolute Gasteiger partial charge is 0.480 e. The second-order valence-corrected chi connectivity index (χ2v) is 5.28. The van der Waals surface area contributed by atoms with Gasteiger partial charge in [-0.2, -0.15) is 0 Å². The Balaban J connectivity index is 2.24. The predicted molar refractivity (Wildman–Crippen MR) is 79.5 cm³/mol. The molecule has 4 heteroatoms. The number of ether oxygens (including phenoxy) is 1. The van der Waals surface area contributed by atoms with E-state index in [9.17, 15) is 4.79 Å². The Kier molecular flexibility index (Phi) is 4.77. The van der Waals surface area contributed by atoms with Gasteiger partial charge in [0, 0.05) is 6.54 Å². The average Bonchev–Trinajstić information content (AvgIpc) is 2.43. The zero-order valence-electron chi connectivity index (χ0n) is 12.4. The zero-order valence-corrected chi connectivity index (χ0v) is 12.4. The molecule has 2 rings (SSSR count). The van der Waals surface area contributed by atoms with E-state index in [1.165, 1.54) is 0 Å². The van der Waals surface area contributed by atoms with E-state index in [1.807, 2.05) is 42.2 Å². The van der Waals surface area contributed by atoms with Gasteiger partial charge in [0.05, 0.1) is 6.61 Å². The highest BCUT2D eigenvalue weighted by Crippen LogP contribution is 2.20. The summed E-state index contributed by atoms with van der Waals surface area (Å²) in [6, 6.07) is 9.97. The van der Waals surface area contributed by atoms with Crippen LogP contribution in [-0.2, 0) is 16.1 Å². The van der Waals surface area contributed by atoms with Crippen molar-refractivity contribution in [1.29, 1.82) is 0 Å². The summed E-state index contributed by atoms with van der Waals surface area (Å²) in [5.41, 5.74) is 1.13. The second kappa shape index (κ2) is 6.55. The fourth-order valence-corrected chi connectivity index (χ4v) is 2.51. The maximum absolute atomic E-state index is 12.2. The molecule has 0 fully saturated rings. The summed E-state index contributed by atoms with van der Waals surface area (Å²) in [6.45, 7) is 7.50. The van der Waals surface area contributed by atoms with Crippen molar-refractivity contribution in [3.05, 3.63) is 35.9 Å². The van der Waals surface area contributed by atoms with E-state index in [1.54, 1.807) is 0 Å². The van der Waals surface area contributed by atoms with Crippen molar-refractivity contribution in [3.63, 3.8) is 0 Å². The van der Waals surface area contributed by atoms with Gasteiger partial charge < -0.3 is 9.64 Å². The summed E-state index contributed by atoms with van der Waals surface area (Å²) in [7, 11) is 0. The molecule has 0 bridgehead atoms. The van der Waals surface area contributed by atoms with Crippen LogP contribution in [0.1, 0.15) is 26.3 Å². The van der Waals surface area contributed by atoms with Gasteiger partial charge in [0.2, 0.25) is 11.8 Å². The molecule has 0 aromatic heterocycles. The van der Waals surface area contributed by atoms with Crippen molar-refractivity contribution >= 4 is 11.8 Å². The zero-order chi connectivity index (χ0) is 14.5. The van der Waals surface area contributed by atoms with Crippen LogP contribution in [0, 0.1) is 5.92 Å². The molecule has 1 aliphatic rings. The molecule has 0 radical (unpaired) electrons. The van der Waals surface area contributed by atoms with Gasteiger partial charge in [-0.1, -0.05) is 44.2 Å². The Morgan fingerprint density at radius 2 is 2.05 bits per heavy atom. The Labute approximate surface area is 120 Å². The van der Waals surface area contributed by atoms with Gasteiger partial charge in [-0.15, -0.1) is 0 Å². The van der Waals surface area contributed by atoms with E-state index < -0.39 is 0 Å². The molecule has 0 spiro atoms. The highest BCUT2D eigenvalue weighted by molar-refractivity contribution is 5.93. The molecule has 1 heterocycles. The topological polar surface area (TPSA) is 41.9 Å². The van der Waals surface area contributed by atoms with Crippen LogP contribution in [0.5, 0.6) is 0 Å².